The molecular weight excluding hydrogens is 354 g/mol. The molecule has 2 aliphatic rings. The highest BCUT2D eigenvalue weighted by Gasteiger charge is 2.28. The van der Waals surface area contributed by atoms with Crippen LogP contribution in [0.4, 0.5) is 0 Å². The number of amides is 1. The second-order valence-electron chi connectivity index (χ2n) is 7.71. The number of nitrogens with zero attached hydrogens (tertiary/aromatic N) is 2. The fourth-order valence-corrected chi connectivity index (χ4v) is 5.47. The summed E-state index contributed by atoms with van der Waals surface area (Å²) in [7, 11) is 0. The van der Waals surface area contributed by atoms with Crippen LogP contribution in [0, 0.1) is 0 Å². The van der Waals surface area contributed by atoms with Crippen molar-refractivity contribution >= 4 is 17.2 Å². The molecule has 1 amide bonds. The largest absolute Gasteiger partial charge is 0.329 e. The molecule has 27 heavy (non-hydrogen) atoms. The van der Waals surface area contributed by atoms with Gasteiger partial charge in [-0.15, -0.1) is 11.3 Å². The van der Waals surface area contributed by atoms with Gasteiger partial charge in [-0.2, -0.15) is 0 Å². The van der Waals surface area contributed by atoms with E-state index in [1.807, 2.05) is 24.4 Å². The van der Waals surface area contributed by atoms with E-state index in [0.29, 0.717) is 6.54 Å². The van der Waals surface area contributed by atoms with Crippen molar-refractivity contribution in [1.29, 1.82) is 0 Å². The number of rotatable bonds is 4. The van der Waals surface area contributed by atoms with Gasteiger partial charge in [0.1, 0.15) is 0 Å². The van der Waals surface area contributed by atoms with Crippen molar-refractivity contribution in [3.05, 3.63) is 51.5 Å². The Bertz CT molecular complexity index is 727. The van der Waals surface area contributed by atoms with E-state index in [1.54, 1.807) is 11.3 Å². The average molecular weight is 384 g/mol. The Morgan fingerprint density at radius 2 is 2.07 bits per heavy atom. The highest BCUT2D eigenvalue weighted by Crippen LogP contribution is 2.31. The van der Waals surface area contributed by atoms with Gasteiger partial charge < -0.3 is 10.2 Å². The maximum atomic E-state index is 13.6. The second kappa shape index (κ2) is 8.98. The van der Waals surface area contributed by atoms with E-state index in [1.165, 1.54) is 29.7 Å². The number of carbonyl (C=O) groups excluding carboxylic acids is 1. The van der Waals surface area contributed by atoms with Crippen LogP contribution in [0.25, 0.3) is 0 Å². The first-order chi connectivity index (χ1) is 13.3. The van der Waals surface area contributed by atoms with Crippen LogP contribution in [0.5, 0.6) is 0 Å². The van der Waals surface area contributed by atoms with Gasteiger partial charge in [-0.3, -0.25) is 9.78 Å². The predicted octanol–water partition coefficient (Wildman–Crippen LogP) is 4.20. The summed E-state index contributed by atoms with van der Waals surface area (Å²) >= 11 is 1.74. The highest BCUT2D eigenvalue weighted by molar-refractivity contribution is 7.14. The molecule has 1 atom stereocenters. The van der Waals surface area contributed by atoms with Crippen molar-refractivity contribution in [1.82, 2.24) is 15.2 Å². The Labute approximate surface area is 166 Å². The Hall–Kier alpha value is -1.72. The predicted molar refractivity (Wildman–Crippen MR) is 110 cm³/mol. The monoisotopic (exact) mass is 383 g/mol. The minimum Gasteiger partial charge on any atom is -0.329 e. The van der Waals surface area contributed by atoms with Gasteiger partial charge in [0.05, 0.1) is 17.1 Å². The first kappa shape index (κ1) is 18.6. The lowest BCUT2D eigenvalue weighted by Crippen LogP contribution is -2.40. The number of hydrogen-bond donors (Lipinski definition) is 1. The lowest BCUT2D eigenvalue weighted by molar-refractivity contribution is 0.0647. The molecule has 2 aromatic rings. The summed E-state index contributed by atoms with van der Waals surface area (Å²) in [6.07, 6.45) is 11.1. The van der Waals surface area contributed by atoms with Crippen molar-refractivity contribution in [2.45, 2.75) is 64.0 Å². The van der Waals surface area contributed by atoms with Crippen LogP contribution in [0.15, 0.2) is 30.5 Å². The molecule has 1 N–H and O–H groups in total. The Morgan fingerprint density at radius 1 is 1.15 bits per heavy atom. The van der Waals surface area contributed by atoms with E-state index >= 15 is 0 Å². The number of nitrogens with one attached hydrogen (secondary N) is 1. The van der Waals surface area contributed by atoms with Crippen LogP contribution in [-0.4, -0.2) is 34.9 Å². The third kappa shape index (κ3) is 4.58. The first-order valence-corrected chi connectivity index (χ1v) is 11.2. The minimum atomic E-state index is 0.200. The normalized spacial score (nSPS) is 20.4. The molecule has 3 heterocycles. The number of aromatic nitrogens is 1. The zero-order valence-corrected chi connectivity index (χ0v) is 16.8. The van der Waals surface area contributed by atoms with E-state index < -0.39 is 0 Å². The number of fused-ring (bicyclic) bond motifs is 1. The standard InChI is InChI=1S/C22H29N3OS/c26-22(21-15-17-7-2-1-3-10-20(17)27-21)25(16-18-8-4-5-13-24-18)19-9-6-12-23-14-11-19/h4-5,8,13,15,19,23H,1-3,6-7,9-12,14,16H2. The van der Waals surface area contributed by atoms with Crippen molar-refractivity contribution < 1.29 is 4.79 Å². The summed E-state index contributed by atoms with van der Waals surface area (Å²) in [5.41, 5.74) is 2.39. The van der Waals surface area contributed by atoms with E-state index in [2.05, 4.69) is 21.3 Å². The van der Waals surface area contributed by atoms with E-state index in [-0.39, 0.29) is 11.9 Å². The quantitative estimate of drug-likeness (QED) is 0.805. The fraction of sp³-hybridized carbons (Fsp3) is 0.545. The lowest BCUT2D eigenvalue weighted by Gasteiger charge is -2.30. The molecule has 1 aliphatic heterocycles. The molecule has 1 unspecified atom stereocenters. The summed E-state index contributed by atoms with van der Waals surface area (Å²) in [6.45, 7) is 2.64. The van der Waals surface area contributed by atoms with Gasteiger partial charge >= 0.3 is 0 Å². The van der Waals surface area contributed by atoms with Crippen molar-refractivity contribution in [3.63, 3.8) is 0 Å². The second-order valence-corrected chi connectivity index (χ2v) is 8.85. The van der Waals surface area contributed by atoms with Crippen LogP contribution in [-0.2, 0) is 19.4 Å². The SMILES string of the molecule is O=C(c1cc2c(s1)CCCCC2)N(Cc1ccccn1)C1CCCNCC1. The van der Waals surface area contributed by atoms with Gasteiger partial charge in [-0.25, -0.2) is 0 Å². The smallest absolute Gasteiger partial charge is 0.264 e. The molecule has 4 rings (SSSR count). The average Bonchev–Trinajstić information content (AvgIpc) is 2.87. The molecule has 0 radical (unpaired) electrons. The number of hydrogen-bond acceptors (Lipinski definition) is 4. The third-order valence-electron chi connectivity index (χ3n) is 5.76. The van der Waals surface area contributed by atoms with Gasteiger partial charge in [0.25, 0.3) is 5.91 Å². The molecule has 0 saturated carbocycles. The molecule has 1 saturated heterocycles. The molecule has 2 aromatic heterocycles. The van der Waals surface area contributed by atoms with Gasteiger partial charge in [-0.1, -0.05) is 12.5 Å². The molecule has 1 fully saturated rings. The molecular formula is C22H29N3OS. The Balaban J connectivity index is 1.59. The number of thiophene rings is 1. The zero-order valence-electron chi connectivity index (χ0n) is 16.0. The summed E-state index contributed by atoms with van der Waals surface area (Å²) in [5, 5.41) is 3.47. The fourth-order valence-electron chi connectivity index (χ4n) is 4.26. The van der Waals surface area contributed by atoms with Crippen LogP contribution in [0.2, 0.25) is 0 Å². The number of pyridine rings is 1. The van der Waals surface area contributed by atoms with Gasteiger partial charge in [0.15, 0.2) is 0 Å². The highest BCUT2D eigenvalue weighted by atomic mass is 32.1. The maximum absolute atomic E-state index is 13.6. The summed E-state index contributed by atoms with van der Waals surface area (Å²) < 4.78 is 0. The minimum absolute atomic E-state index is 0.200. The Kier molecular flexibility index (Phi) is 6.20. The molecule has 4 nitrogen and oxygen atoms in total. The van der Waals surface area contributed by atoms with E-state index in [9.17, 15) is 4.79 Å². The first-order valence-electron chi connectivity index (χ1n) is 10.3. The van der Waals surface area contributed by atoms with Crippen LogP contribution in [0.1, 0.15) is 64.3 Å². The van der Waals surface area contributed by atoms with Gasteiger partial charge in [0, 0.05) is 17.1 Å². The van der Waals surface area contributed by atoms with Crippen LogP contribution >= 0.6 is 11.3 Å². The van der Waals surface area contributed by atoms with Gasteiger partial charge in [-0.05, 0) is 81.8 Å². The summed E-state index contributed by atoms with van der Waals surface area (Å²) in [5.74, 6) is 0.200. The molecule has 0 aromatic carbocycles. The van der Waals surface area contributed by atoms with Crippen LogP contribution < -0.4 is 5.32 Å². The van der Waals surface area contributed by atoms with Crippen molar-refractivity contribution in [2.75, 3.05) is 13.1 Å². The van der Waals surface area contributed by atoms with Crippen LogP contribution in [0.3, 0.4) is 0 Å². The van der Waals surface area contributed by atoms with E-state index in [4.69, 9.17) is 0 Å². The maximum Gasteiger partial charge on any atom is 0.264 e. The van der Waals surface area contributed by atoms with E-state index in [0.717, 1.165) is 55.8 Å². The van der Waals surface area contributed by atoms with Crippen molar-refractivity contribution in [2.24, 2.45) is 0 Å². The molecule has 144 valence electrons. The summed E-state index contributed by atoms with van der Waals surface area (Å²) in [4.78, 5) is 22.5. The number of aryl methyl sites for hydroxylation is 2. The third-order valence-corrected chi connectivity index (χ3v) is 6.99. The molecule has 0 bridgehead atoms. The molecule has 1 aliphatic carbocycles. The zero-order chi connectivity index (χ0) is 18.5. The number of carbonyl (C=O) groups is 1. The topological polar surface area (TPSA) is 45.2 Å². The van der Waals surface area contributed by atoms with Gasteiger partial charge in [0.2, 0.25) is 0 Å². The molecule has 5 heteroatoms. The molecule has 0 spiro atoms. The summed E-state index contributed by atoms with van der Waals surface area (Å²) in [6, 6.07) is 8.44. The Morgan fingerprint density at radius 3 is 2.96 bits per heavy atom. The lowest BCUT2D eigenvalue weighted by atomic mass is 10.1. The van der Waals surface area contributed by atoms with Crippen molar-refractivity contribution in [3.8, 4) is 0 Å².